The summed E-state index contributed by atoms with van der Waals surface area (Å²) in [6.07, 6.45) is 0. The smallest absolute Gasteiger partial charge is 0.0782 e. The van der Waals surface area contributed by atoms with Gasteiger partial charge < -0.3 is 0 Å². The van der Waals surface area contributed by atoms with Crippen molar-refractivity contribution in [3.8, 4) is 0 Å². The SMILES string of the molecule is CC(=C=C[Si](C)(C)C)c1ccccc1. The second-order valence-electron chi connectivity index (χ2n) is 4.65. The molecular weight excluding hydrogens is 184 g/mol. The molecule has 14 heavy (non-hydrogen) atoms. The van der Waals surface area contributed by atoms with E-state index in [9.17, 15) is 0 Å². The van der Waals surface area contributed by atoms with Gasteiger partial charge in [0.25, 0.3) is 0 Å². The van der Waals surface area contributed by atoms with Crippen LogP contribution >= 0.6 is 0 Å². The Bertz CT molecular complexity index is 349. The first-order valence-electron chi connectivity index (χ1n) is 4.99. The molecule has 1 rings (SSSR count). The largest absolute Gasteiger partial charge is 0.126 e. The maximum absolute atomic E-state index is 3.39. The fourth-order valence-corrected chi connectivity index (χ4v) is 1.75. The van der Waals surface area contributed by atoms with Crippen molar-refractivity contribution in [3.63, 3.8) is 0 Å². The van der Waals surface area contributed by atoms with Crippen molar-refractivity contribution in [2.45, 2.75) is 26.6 Å². The predicted octanol–water partition coefficient (Wildman–Crippen LogP) is 4.12. The van der Waals surface area contributed by atoms with Crippen molar-refractivity contribution in [2.75, 3.05) is 0 Å². The van der Waals surface area contributed by atoms with Crippen LogP contribution in [0.3, 0.4) is 0 Å². The zero-order chi connectivity index (χ0) is 10.6. The van der Waals surface area contributed by atoms with E-state index in [0.29, 0.717) is 0 Å². The Balaban J connectivity index is 2.97. The first-order valence-corrected chi connectivity index (χ1v) is 8.57. The van der Waals surface area contributed by atoms with Gasteiger partial charge >= 0.3 is 0 Å². The maximum Gasteiger partial charge on any atom is 0.0782 e. The lowest BCUT2D eigenvalue weighted by Gasteiger charge is -2.06. The molecule has 0 bridgehead atoms. The highest BCUT2D eigenvalue weighted by Gasteiger charge is 2.06. The van der Waals surface area contributed by atoms with Gasteiger partial charge in [-0.2, -0.15) is 0 Å². The van der Waals surface area contributed by atoms with E-state index in [1.165, 1.54) is 11.1 Å². The molecule has 0 nitrogen and oxygen atoms in total. The molecule has 0 atom stereocenters. The van der Waals surface area contributed by atoms with Crippen molar-refractivity contribution in [2.24, 2.45) is 0 Å². The maximum atomic E-state index is 3.39. The van der Waals surface area contributed by atoms with Crippen LogP contribution in [0, 0.1) is 0 Å². The van der Waals surface area contributed by atoms with Crippen molar-refractivity contribution in [1.29, 1.82) is 0 Å². The molecule has 0 amide bonds. The summed E-state index contributed by atoms with van der Waals surface area (Å²) in [6.45, 7) is 9.07. The van der Waals surface area contributed by atoms with Crippen LogP contribution in [-0.4, -0.2) is 8.07 Å². The van der Waals surface area contributed by atoms with E-state index in [1.807, 2.05) is 6.07 Å². The highest BCUT2D eigenvalue weighted by atomic mass is 28.3. The van der Waals surface area contributed by atoms with Gasteiger partial charge in [-0.25, -0.2) is 0 Å². The Hall–Kier alpha value is -1.04. The summed E-state index contributed by atoms with van der Waals surface area (Å²) in [7, 11) is -1.11. The average Bonchev–Trinajstić information content (AvgIpc) is 2.14. The van der Waals surface area contributed by atoms with Crippen molar-refractivity contribution in [1.82, 2.24) is 0 Å². The Morgan fingerprint density at radius 3 is 2.21 bits per heavy atom. The highest BCUT2D eigenvalue weighted by molar-refractivity contribution is 6.80. The summed E-state index contributed by atoms with van der Waals surface area (Å²) < 4.78 is 0. The molecule has 0 saturated heterocycles. The van der Waals surface area contributed by atoms with Crippen LogP contribution < -0.4 is 0 Å². The van der Waals surface area contributed by atoms with Gasteiger partial charge in [0, 0.05) is 0 Å². The van der Waals surface area contributed by atoms with Crippen LogP contribution in [0.2, 0.25) is 19.6 Å². The zero-order valence-electron chi connectivity index (χ0n) is 9.46. The Labute approximate surface area is 88.0 Å². The zero-order valence-corrected chi connectivity index (χ0v) is 10.5. The van der Waals surface area contributed by atoms with E-state index in [2.05, 4.69) is 62.3 Å². The molecule has 1 aromatic rings. The number of benzene rings is 1. The molecule has 0 N–H and O–H groups in total. The summed E-state index contributed by atoms with van der Waals surface area (Å²) in [4.78, 5) is 0. The quantitative estimate of drug-likeness (QED) is 0.500. The van der Waals surface area contributed by atoms with Gasteiger partial charge in [-0.05, 0) is 18.1 Å². The summed E-state index contributed by atoms with van der Waals surface area (Å²) in [5.74, 6) is 0. The van der Waals surface area contributed by atoms with Crippen molar-refractivity contribution >= 4 is 13.6 Å². The van der Waals surface area contributed by atoms with E-state index >= 15 is 0 Å². The van der Waals surface area contributed by atoms with Gasteiger partial charge in [-0.3, -0.25) is 0 Å². The molecule has 1 aromatic carbocycles. The van der Waals surface area contributed by atoms with E-state index < -0.39 is 8.07 Å². The van der Waals surface area contributed by atoms with E-state index in [0.717, 1.165) is 0 Å². The summed E-state index contributed by atoms with van der Waals surface area (Å²) in [6, 6.07) is 10.4. The van der Waals surface area contributed by atoms with Gasteiger partial charge in [-0.15, -0.1) is 5.73 Å². The van der Waals surface area contributed by atoms with E-state index in [1.54, 1.807) is 0 Å². The molecule has 0 saturated carbocycles. The third-order valence-corrected chi connectivity index (χ3v) is 2.94. The van der Waals surface area contributed by atoms with Crippen LogP contribution in [-0.2, 0) is 0 Å². The van der Waals surface area contributed by atoms with Gasteiger partial charge in [0.05, 0.1) is 8.07 Å². The fourth-order valence-electron chi connectivity index (χ4n) is 1.10. The Morgan fingerprint density at radius 1 is 1.14 bits per heavy atom. The molecular formula is C13H18Si. The van der Waals surface area contributed by atoms with Crippen molar-refractivity contribution < 1.29 is 0 Å². The van der Waals surface area contributed by atoms with Gasteiger partial charge in [0.15, 0.2) is 0 Å². The molecule has 1 heteroatoms. The lowest BCUT2D eigenvalue weighted by Crippen LogP contribution is -2.14. The van der Waals surface area contributed by atoms with Crippen LogP contribution in [0.5, 0.6) is 0 Å². The Kier molecular flexibility index (Phi) is 3.51. The van der Waals surface area contributed by atoms with Crippen LogP contribution in [0.25, 0.3) is 5.57 Å². The monoisotopic (exact) mass is 202 g/mol. The molecule has 0 unspecified atom stereocenters. The van der Waals surface area contributed by atoms with Crippen LogP contribution in [0.1, 0.15) is 12.5 Å². The molecule has 0 heterocycles. The molecule has 0 spiro atoms. The molecule has 0 fully saturated rings. The third kappa shape index (κ3) is 3.78. The van der Waals surface area contributed by atoms with Gasteiger partial charge in [0.1, 0.15) is 0 Å². The number of hydrogen-bond donors (Lipinski definition) is 0. The van der Waals surface area contributed by atoms with E-state index in [-0.39, 0.29) is 0 Å². The normalized spacial score (nSPS) is 10.6. The van der Waals surface area contributed by atoms with Crippen LogP contribution in [0.4, 0.5) is 0 Å². The first kappa shape index (κ1) is 11.0. The summed E-state index contributed by atoms with van der Waals surface area (Å²) in [5, 5.41) is 0. The number of hydrogen-bond acceptors (Lipinski definition) is 0. The predicted molar refractivity (Wildman–Crippen MR) is 67.0 cm³/mol. The second-order valence-corrected chi connectivity index (χ2v) is 9.67. The molecule has 0 aromatic heterocycles. The number of allylic oxidation sites excluding steroid dienone is 1. The molecule has 0 aliphatic carbocycles. The van der Waals surface area contributed by atoms with Gasteiger partial charge in [-0.1, -0.05) is 55.7 Å². The summed E-state index contributed by atoms with van der Waals surface area (Å²) >= 11 is 0. The second kappa shape index (κ2) is 4.45. The Morgan fingerprint density at radius 2 is 1.71 bits per heavy atom. The molecule has 74 valence electrons. The minimum atomic E-state index is -1.11. The fraction of sp³-hybridized carbons (Fsp3) is 0.308. The lowest BCUT2D eigenvalue weighted by molar-refractivity contribution is 1.57. The van der Waals surface area contributed by atoms with E-state index in [4.69, 9.17) is 0 Å². The lowest BCUT2D eigenvalue weighted by atomic mass is 10.1. The molecule has 0 radical (unpaired) electrons. The molecule has 0 aliphatic rings. The minimum absolute atomic E-state index is 1.11. The number of rotatable bonds is 2. The van der Waals surface area contributed by atoms with Crippen molar-refractivity contribution in [3.05, 3.63) is 47.3 Å². The third-order valence-electron chi connectivity index (χ3n) is 1.93. The first-order chi connectivity index (χ1) is 6.49. The van der Waals surface area contributed by atoms with Gasteiger partial charge in [0.2, 0.25) is 0 Å². The average molecular weight is 202 g/mol. The topological polar surface area (TPSA) is 0 Å². The standard InChI is InChI=1S/C13H18Si/c1-12(10-11-14(2,3)4)13-8-6-5-7-9-13/h5-9,11H,1-4H3. The highest BCUT2D eigenvalue weighted by Crippen LogP contribution is 2.12. The van der Waals surface area contributed by atoms with Crippen LogP contribution in [0.15, 0.2) is 41.8 Å². The minimum Gasteiger partial charge on any atom is -0.126 e. The summed E-state index contributed by atoms with van der Waals surface area (Å²) in [5.41, 5.74) is 8.15. The molecule has 0 aliphatic heterocycles.